The number of thiazole rings is 1. The summed E-state index contributed by atoms with van der Waals surface area (Å²) >= 11 is 1.60. The Kier molecular flexibility index (Phi) is 13.2. The molecular weight excluding hydrogens is 453 g/mol. The molecule has 1 heterocycles. The lowest BCUT2D eigenvalue weighted by Gasteiger charge is -2.16. The maximum atomic E-state index is 9.94. The Hall–Kier alpha value is -0.650. The second-order valence-electron chi connectivity index (χ2n) is 6.18. The molecule has 7 nitrogen and oxygen atoms in total. The van der Waals surface area contributed by atoms with Crippen LogP contribution < -0.4 is 15.5 Å². The number of hydrogen-bond donors (Lipinski definition) is 3. The van der Waals surface area contributed by atoms with Crippen LogP contribution in [-0.2, 0) is 11.3 Å². The molecule has 1 rings (SSSR count). The lowest BCUT2D eigenvalue weighted by atomic mass is 10.2. The Bertz CT molecular complexity index is 497. The minimum atomic E-state index is -0.563. The van der Waals surface area contributed by atoms with E-state index in [1.165, 1.54) is 0 Å². The molecule has 25 heavy (non-hydrogen) atoms. The number of aliphatic imine (C=N–C) groups is 1. The first-order chi connectivity index (χ1) is 11.4. The zero-order valence-electron chi connectivity index (χ0n) is 15.8. The fourth-order valence-corrected chi connectivity index (χ4v) is 2.54. The predicted octanol–water partition coefficient (Wildman–Crippen LogP) is 1.92. The summed E-state index contributed by atoms with van der Waals surface area (Å²) < 4.78 is 5.44. The number of guanidine groups is 1. The number of anilines is 1. The monoisotopic (exact) mass is 485 g/mol. The van der Waals surface area contributed by atoms with E-state index in [9.17, 15) is 5.11 Å². The Morgan fingerprint density at radius 2 is 2.08 bits per heavy atom. The average molecular weight is 485 g/mol. The normalized spacial score (nSPS) is 12.7. The van der Waals surface area contributed by atoms with Gasteiger partial charge in [-0.25, -0.2) is 9.98 Å². The van der Waals surface area contributed by atoms with Gasteiger partial charge in [0.1, 0.15) is 0 Å². The molecule has 0 bridgehead atoms. The largest absolute Gasteiger partial charge is 0.389 e. The lowest BCUT2D eigenvalue weighted by Crippen LogP contribution is -2.42. The molecule has 1 atom stereocenters. The molecule has 0 spiro atoms. The average Bonchev–Trinajstić information content (AvgIpc) is 2.99. The number of ether oxygens (including phenoxy) is 1. The highest BCUT2D eigenvalue weighted by Gasteiger charge is 2.07. The zero-order chi connectivity index (χ0) is 17.9. The van der Waals surface area contributed by atoms with Crippen molar-refractivity contribution in [1.82, 2.24) is 15.6 Å². The third-order valence-electron chi connectivity index (χ3n) is 2.93. The molecule has 0 amide bonds. The molecule has 0 aliphatic carbocycles. The van der Waals surface area contributed by atoms with E-state index in [1.807, 2.05) is 31.3 Å². The molecule has 0 aliphatic rings. The minimum absolute atomic E-state index is 0. The van der Waals surface area contributed by atoms with Crippen LogP contribution in [0.3, 0.4) is 0 Å². The number of nitrogens with zero attached hydrogens (tertiary/aromatic N) is 3. The summed E-state index contributed by atoms with van der Waals surface area (Å²) in [5, 5.41) is 19.2. The van der Waals surface area contributed by atoms with Crippen LogP contribution >= 0.6 is 35.3 Å². The number of aromatic nitrogens is 1. The van der Waals surface area contributed by atoms with Crippen LogP contribution in [0.4, 0.5) is 5.13 Å². The number of hydrogen-bond acceptors (Lipinski definition) is 6. The smallest absolute Gasteiger partial charge is 0.191 e. The van der Waals surface area contributed by atoms with E-state index in [1.54, 1.807) is 11.3 Å². The summed E-state index contributed by atoms with van der Waals surface area (Å²) in [6.45, 7) is 8.80. The van der Waals surface area contributed by atoms with Gasteiger partial charge in [-0.3, -0.25) is 0 Å². The van der Waals surface area contributed by atoms with E-state index in [0.717, 1.165) is 17.4 Å². The van der Waals surface area contributed by atoms with E-state index in [-0.39, 0.29) is 24.0 Å². The minimum Gasteiger partial charge on any atom is -0.389 e. The third kappa shape index (κ3) is 10.8. The highest BCUT2D eigenvalue weighted by Crippen LogP contribution is 2.18. The van der Waals surface area contributed by atoms with Crippen LogP contribution in [0.1, 0.15) is 26.5 Å². The van der Waals surface area contributed by atoms with Crippen molar-refractivity contribution in [2.24, 2.45) is 10.9 Å². The van der Waals surface area contributed by atoms with Crippen LogP contribution in [0.25, 0.3) is 0 Å². The first-order valence-electron chi connectivity index (χ1n) is 8.32. The number of aliphatic hydroxyl groups is 1. The van der Waals surface area contributed by atoms with Crippen molar-refractivity contribution in [3.63, 3.8) is 0 Å². The molecule has 3 N–H and O–H groups in total. The summed E-state index contributed by atoms with van der Waals surface area (Å²) in [6, 6.07) is 0. The molecule has 9 heteroatoms. The van der Waals surface area contributed by atoms with Crippen LogP contribution in [-0.4, -0.2) is 62.6 Å². The van der Waals surface area contributed by atoms with Crippen LogP contribution in [0.5, 0.6) is 0 Å². The number of nitrogens with one attached hydrogen (secondary N) is 2. The first-order valence-corrected chi connectivity index (χ1v) is 9.20. The van der Waals surface area contributed by atoms with Crippen molar-refractivity contribution >= 4 is 46.4 Å². The highest BCUT2D eigenvalue weighted by molar-refractivity contribution is 14.0. The molecule has 0 saturated heterocycles. The Labute approximate surface area is 172 Å². The van der Waals surface area contributed by atoms with Gasteiger partial charge in [-0.05, 0) is 12.8 Å². The maximum Gasteiger partial charge on any atom is 0.191 e. The topological polar surface area (TPSA) is 82.0 Å². The molecule has 0 saturated carbocycles. The van der Waals surface area contributed by atoms with Crippen molar-refractivity contribution in [3.05, 3.63) is 11.1 Å². The summed E-state index contributed by atoms with van der Waals surface area (Å²) in [5.41, 5.74) is 0.932. The van der Waals surface area contributed by atoms with Crippen LogP contribution in [0, 0.1) is 5.92 Å². The maximum absolute atomic E-state index is 9.94. The second-order valence-corrected chi connectivity index (χ2v) is 7.01. The molecule has 0 radical (unpaired) electrons. The SMILES string of the molecule is CCNC(=NCc1csc(N(C)C)n1)NCC(O)COCC(C)C.I. The summed E-state index contributed by atoms with van der Waals surface area (Å²) in [4.78, 5) is 11.0. The fraction of sp³-hybridized carbons (Fsp3) is 0.750. The number of aliphatic hydroxyl groups excluding tert-OH is 1. The van der Waals surface area contributed by atoms with Gasteiger partial charge in [0.15, 0.2) is 11.1 Å². The predicted molar refractivity (Wildman–Crippen MR) is 116 cm³/mol. The van der Waals surface area contributed by atoms with Crippen molar-refractivity contribution < 1.29 is 9.84 Å². The molecule has 0 aliphatic heterocycles. The lowest BCUT2D eigenvalue weighted by molar-refractivity contribution is 0.0280. The van der Waals surface area contributed by atoms with Gasteiger partial charge < -0.3 is 25.4 Å². The van der Waals surface area contributed by atoms with E-state index in [0.29, 0.717) is 38.2 Å². The van der Waals surface area contributed by atoms with Gasteiger partial charge in [-0.1, -0.05) is 13.8 Å². The Morgan fingerprint density at radius 1 is 1.36 bits per heavy atom. The van der Waals surface area contributed by atoms with Gasteiger partial charge in [0.05, 0.1) is 24.9 Å². The van der Waals surface area contributed by atoms with E-state index in [4.69, 9.17) is 4.74 Å². The van der Waals surface area contributed by atoms with Gasteiger partial charge in [0.2, 0.25) is 0 Å². The first kappa shape index (κ1) is 24.4. The van der Waals surface area contributed by atoms with Gasteiger partial charge in [0.25, 0.3) is 0 Å². The van der Waals surface area contributed by atoms with Crippen molar-refractivity contribution in [2.75, 3.05) is 45.3 Å². The van der Waals surface area contributed by atoms with E-state index >= 15 is 0 Å². The molecule has 0 aromatic carbocycles. The van der Waals surface area contributed by atoms with Crippen LogP contribution in [0.2, 0.25) is 0 Å². The standard InChI is InChI=1S/C16H31N5O2S.HI/c1-6-17-15(19-8-14(22)10-23-9-12(2)3)18-7-13-11-24-16(20-13)21(4)5;/h11-12,14,22H,6-10H2,1-5H3,(H2,17,18,19);1H. The van der Waals surface area contributed by atoms with Gasteiger partial charge in [-0.2, -0.15) is 0 Å². The summed E-state index contributed by atoms with van der Waals surface area (Å²) in [7, 11) is 3.94. The fourth-order valence-electron chi connectivity index (χ4n) is 1.79. The Balaban J connectivity index is 0.00000576. The van der Waals surface area contributed by atoms with Gasteiger partial charge in [-0.15, -0.1) is 35.3 Å². The molecule has 1 aromatic rings. The quantitative estimate of drug-likeness (QED) is 0.267. The van der Waals surface area contributed by atoms with Crippen molar-refractivity contribution in [2.45, 2.75) is 33.4 Å². The molecule has 0 fully saturated rings. The molecule has 1 aromatic heterocycles. The van der Waals surface area contributed by atoms with E-state index < -0.39 is 6.10 Å². The number of halogens is 1. The summed E-state index contributed by atoms with van der Waals surface area (Å²) in [5.74, 6) is 1.13. The molecular formula is C16H32IN5O2S. The van der Waals surface area contributed by atoms with Gasteiger partial charge in [0, 0.05) is 39.2 Å². The number of rotatable bonds is 10. The second kappa shape index (κ2) is 13.5. The Morgan fingerprint density at radius 3 is 2.64 bits per heavy atom. The molecule has 1 unspecified atom stereocenters. The summed E-state index contributed by atoms with van der Waals surface area (Å²) in [6.07, 6.45) is -0.563. The highest BCUT2D eigenvalue weighted by atomic mass is 127. The molecule has 146 valence electrons. The van der Waals surface area contributed by atoms with Crippen LogP contribution in [0.15, 0.2) is 10.4 Å². The van der Waals surface area contributed by atoms with Gasteiger partial charge >= 0.3 is 0 Å². The van der Waals surface area contributed by atoms with Crippen molar-refractivity contribution in [3.8, 4) is 0 Å². The van der Waals surface area contributed by atoms with Crippen molar-refractivity contribution in [1.29, 1.82) is 0 Å². The van der Waals surface area contributed by atoms with E-state index in [2.05, 4.69) is 34.5 Å². The zero-order valence-corrected chi connectivity index (χ0v) is 18.9. The third-order valence-corrected chi connectivity index (χ3v) is 3.99.